The number of nitrogens with zero attached hydrogens (tertiary/aromatic N) is 3. The molecule has 0 radical (unpaired) electrons. The summed E-state index contributed by atoms with van der Waals surface area (Å²) in [7, 11) is 0. The maximum atomic E-state index is 12.7. The van der Waals surface area contributed by atoms with E-state index in [4.69, 9.17) is 9.26 Å². The molecule has 1 N–H and O–H groups in total. The van der Waals surface area contributed by atoms with E-state index in [0.29, 0.717) is 5.82 Å². The highest BCUT2D eigenvalue weighted by molar-refractivity contribution is 5.99. The lowest BCUT2D eigenvalue weighted by atomic mass is 10.2. The van der Waals surface area contributed by atoms with Gasteiger partial charge in [-0.2, -0.15) is 4.98 Å². The fraction of sp³-hybridized carbons (Fsp3) is 0.562. The summed E-state index contributed by atoms with van der Waals surface area (Å²) in [5.41, 5.74) is -0.814. The van der Waals surface area contributed by atoms with Gasteiger partial charge in [-0.05, 0) is 26.7 Å². The monoisotopic (exact) mass is 348 g/mol. The fourth-order valence-corrected chi connectivity index (χ4v) is 3.05. The Morgan fingerprint density at radius 3 is 2.76 bits per heavy atom. The van der Waals surface area contributed by atoms with Crippen molar-refractivity contribution < 1.29 is 18.8 Å². The van der Waals surface area contributed by atoms with Gasteiger partial charge in [-0.15, -0.1) is 0 Å². The summed E-state index contributed by atoms with van der Waals surface area (Å²) in [4.78, 5) is 41.0. The molecule has 2 aromatic rings. The molecular weight excluding hydrogens is 328 g/mol. The molecule has 0 atom stereocenters. The van der Waals surface area contributed by atoms with Crippen molar-refractivity contribution in [2.45, 2.75) is 52.1 Å². The van der Waals surface area contributed by atoms with E-state index in [-0.39, 0.29) is 41.9 Å². The van der Waals surface area contributed by atoms with E-state index in [9.17, 15) is 14.4 Å². The normalized spacial score (nSPS) is 14.8. The molecule has 0 bridgehead atoms. The zero-order valence-electron chi connectivity index (χ0n) is 14.2. The van der Waals surface area contributed by atoms with E-state index < -0.39 is 11.5 Å². The minimum absolute atomic E-state index is 0.0435. The van der Waals surface area contributed by atoms with Crippen molar-refractivity contribution in [3.63, 3.8) is 0 Å². The number of fused-ring (bicyclic) bond motifs is 1. The first-order valence-electron chi connectivity index (χ1n) is 8.34. The number of esters is 1. The highest BCUT2D eigenvalue weighted by Gasteiger charge is 2.24. The number of aryl methyl sites for hydroxylation is 1. The molecule has 134 valence electrons. The van der Waals surface area contributed by atoms with Gasteiger partial charge in [0.2, 0.25) is 11.6 Å². The first kappa shape index (κ1) is 17.1. The minimum atomic E-state index is -0.758. The molecule has 0 aromatic carbocycles. The highest BCUT2D eigenvalue weighted by atomic mass is 16.5. The summed E-state index contributed by atoms with van der Waals surface area (Å²) in [5.74, 6) is -0.705. The number of rotatable bonds is 5. The average Bonchev–Trinajstić information content (AvgIpc) is 3.21. The molecule has 1 aliphatic rings. The van der Waals surface area contributed by atoms with Gasteiger partial charge >= 0.3 is 5.97 Å². The summed E-state index contributed by atoms with van der Waals surface area (Å²) in [6.45, 7) is 3.21. The minimum Gasteiger partial charge on any atom is -0.461 e. The maximum absolute atomic E-state index is 12.7. The lowest BCUT2D eigenvalue weighted by molar-refractivity contribution is -0.122. The van der Waals surface area contributed by atoms with Gasteiger partial charge in [0, 0.05) is 6.04 Å². The van der Waals surface area contributed by atoms with Crippen LogP contribution in [0.2, 0.25) is 0 Å². The zero-order chi connectivity index (χ0) is 18.0. The molecule has 0 spiro atoms. The Labute approximate surface area is 143 Å². The van der Waals surface area contributed by atoms with Crippen molar-refractivity contribution in [3.05, 3.63) is 21.9 Å². The number of hydrogen-bond acceptors (Lipinski definition) is 7. The number of carbonyl (C=O) groups excluding carboxylic acids is 2. The second-order valence-electron chi connectivity index (χ2n) is 6.03. The van der Waals surface area contributed by atoms with Crippen LogP contribution in [0, 0.1) is 6.92 Å². The number of hydrogen-bond donors (Lipinski definition) is 1. The van der Waals surface area contributed by atoms with E-state index in [2.05, 4.69) is 15.5 Å². The van der Waals surface area contributed by atoms with Gasteiger partial charge in [0.15, 0.2) is 0 Å². The van der Waals surface area contributed by atoms with Crippen molar-refractivity contribution in [1.29, 1.82) is 0 Å². The second kappa shape index (κ2) is 7.04. The fourth-order valence-electron chi connectivity index (χ4n) is 3.05. The quantitative estimate of drug-likeness (QED) is 0.799. The van der Waals surface area contributed by atoms with Crippen LogP contribution < -0.4 is 10.9 Å². The largest absolute Gasteiger partial charge is 0.461 e. The molecule has 3 rings (SSSR count). The third-order valence-corrected chi connectivity index (χ3v) is 4.28. The second-order valence-corrected chi connectivity index (χ2v) is 6.03. The van der Waals surface area contributed by atoms with Crippen LogP contribution in [-0.2, 0) is 16.1 Å². The van der Waals surface area contributed by atoms with Gasteiger partial charge in [-0.3, -0.25) is 14.2 Å². The Kier molecular flexibility index (Phi) is 4.82. The predicted octanol–water partition coefficient (Wildman–Crippen LogP) is 0.928. The first-order valence-corrected chi connectivity index (χ1v) is 8.34. The molecule has 2 heterocycles. The summed E-state index contributed by atoms with van der Waals surface area (Å²) >= 11 is 0. The van der Waals surface area contributed by atoms with Gasteiger partial charge in [0.1, 0.15) is 17.8 Å². The molecule has 0 saturated heterocycles. The van der Waals surface area contributed by atoms with Crippen LogP contribution in [0.15, 0.2) is 9.32 Å². The SMILES string of the molecule is CCOC(=O)c1noc2nc(C)n(CC(=O)NC3CCCC3)c(=O)c12. The number of nitrogens with one attached hydrogen (secondary N) is 1. The molecule has 1 saturated carbocycles. The zero-order valence-corrected chi connectivity index (χ0v) is 14.2. The summed E-state index contributed by atoms with van der Waals surface area (Å²) in [6.07, 6.45) is 4.10. The topological polar surface area (TPSA) is 116 Å². The molecule has 1 aliphatic carbocycles. The van der Waals surface area contributed by atoms with Crippen LogP contribution >= 0.6 is 0 Å². The molecule has 0 aliphatic heterocycles. The molecule has 1 fully saturated rings. The van der Waals surface area contributed by atoms with Gasteiger partial charge in [0.25, 0.3) is 11.3 Å². The third-order valence-electron chi connectivity index (χ3n) is 4.28. The molecule has 2 aromatic heterocycles. The van der Waals surface area contributed by atoms with Crippen LogP contribution in [0.5, 0.6) is 0 Å². The Hall–Kier alpha value is -2.71. The molecule has 9 nitrogen and oxygen atoms in total. The maximum Gasteiger partial charge on any atom is 0.361 e. The van der Waals surface area contributed by atoms with Gasteiger partial charge < -0.3 is 14.6 Å². The van der Waals surface area contributed by atoms with Crippen LogP contribution in [0.4, 0.5) is 0 Å². The first-order chi connectivity index (χ1) is 12.0. The van der Waals surface area contributed by atoms with Crippen molar-refractivity contribution >= 4 is 23.0 Å². The van der Waals surface area contributed by atoms with Crippen molar-refractivity contribution in [2.24, 2.45) is 0 Å². The van der Waals surface area contributed by atoms with E-state index in [1.807, 2.05) is 0 Å². The van der Waals surface area contributed by atoms with Gasteiger partial charge in [-0.1, -0.05) is 18.0 Å². The van der Waals surface area contributed by atoms with Gasteiger partial charge in [-0.25, -0.2) is 4.79 Å². The molecular formula is C16H20N4O5. The summed E-state index contributed by atoms with van der Waals surface area (Å²) in [6, 6.07) is 0.158. The molecule has 25 heavy (non-hydrogen) atoms. The van der Waals surface area contributed by atoms with E-state index >= 15 is 0 Å². The molecule has 9 heteroatoms. The number of ether oxygens (including phenoxy) is 1. The summed E-state index contributed by atoms with van der Waals surface area (Å²) < 4.78 is 11.1. The molecule has 0 unspecified atom stereocenters. The number of aromatic nitrogens is 3. The molecule has 1 amide bonds. The van der Waals surface area contributed by atoms with E-state index in [1.54, 1.807) is 13.8 Å². The third kappa shape index (κ3) is 3.40. The van der Waals surface area contributed by atoms with Crippen LogP contribution in [0.25, 0.3) is 11.1 Å². The van der Waals surface area contributed by atoms with Crippen LogP contribution in [-0.4, -0.2) is 39.2 Å². The predicted molar refractivity (Wildman–Crippen MR) is 87.2 cm³/mol. The summed E-state index contributed by atoms with van der Waals surface area (Å²) in [5, 5.41) is 6.45. The van der Waals surface area contributed by atoms with Crippen LogP contribution in [0.3, 0.4) is 0 Å². The Balaban J connectivity index is 1.92. The smallest absolute Gasteiger partial charge is 0.361 e. The highest BCUT2D eigenvalue weighted by Crippen LogP contribution is 2.18. The Morgan fingerprint density at radius 1 is 1.36 bits per heavy atom. The van der Waals surface area contributed by atoms with Crippen LogP contribution in [0.1, 0.15) is 48.9 Å². The average molecular weight is 348 g/mol. The number of amides is 1. The lowest BCUT2D eigenvalue weighted by Gasteiger charge is -2.13. The van der Waals surface area contributed by atoms with Crippen molar-refractivity contribution in [3.8, 4) is 0 Å². The van der Waals surface area contributed by atoms with E-state index in [0.717, 1.165) is 25.7 Å². The Morgan fingerprint density at radius 2 is 2.08 bits per heavy atom. The van der Waals surface area contributed by atoms with Crippen molar-refractivity contribution in [2.75, 3.05) is 6.61 Å². The lowest BCUT2D eigenvalue weighted by Crippen LogP contribution is -2.38. The Bertz CT molecular complexity index is 863. The standard InChI is InChI=1S/C16H20N4O5/c1-3-24-16(23)13-12-14(25-19-13)17-9(2)20(15(12)22)8-11(21)18-10-6-4-5-7-10/h10H,3-8H2,1-2H3,(H,18,21). The van der Waals surface area contributed by atoms with E-state index in [1.165, 1.54) is 4.57 Å². The van der Waals surface area contributed by atoms with Crippen molar-refractivity contribution in [1.82, 2.24) is 20.0 Å². The van der Waals surface area contributed by atoms with Gasteiger partial charge in [0.05, 0.1) is 6.61 Å². The number of carbonyl (C=O) groups is 2.